The molecule has 6 atom stereocenters. The summed E-state index contributed by atoms with van der Waals surface area (Å²) < 4.78 is 16.3. The number of carbonyl (C=O) groups is 1. The zero-order chi connectivity index (χ0) is 9.16. The fourth-order valence-corrected chi connectivity index (χ4v) is 2.59. The van der Waals surface area contributed by atoms with E-state index in [4.69, 9.17) is 14.2 Å². The third-order valence-corrected chi connectivity index (χ3v) is 3.36. The first-order valence-electron chi connectivity index (χ1n) is 4.70. The molecule has 3 aliphatic rings. The molecule has 72 valence electrons. The lowest BCUT2D eigenvalue weighted by Crippen LogP contribution is -2.53. The Labute approximate surface area is 76.1 Å². The standard InChI is InChI=1S/C9H12O4/c1-3-5-4(2)7-9(12-5)13-8(10)6(3)11-7/h3-7,9H,1-2H3/t3-,4+,5+,6+,7-,9-/m0/s1. The van der Waals surface area contributed by atoms with Gasteiger partial charge in [0.15, 0.2) is 6.10 Å². The molecule has 0 saturated carbocycles. The van der Waals surface area contributed by atoms with Gasteiger partial charge >= 0.3 is 5.97 Å². The van der Waals surface area contributed by atoms with E-state index in [9.17, 15) is 4.79 Å². The molecule has 0 unspecified atom stereocenters. The van der Waals surface area contributed by atoms with E-state index < -0.39 is 12.4 Å². The SMILES string of the molecule is C[C@@H]1[C@@H]2O[C@H]3OC(=O)[C@H](O[C@H]31)[C@H]2C. The molecule has 3 rings (SSSR count). The monoisotopic (exact) mass is 184 g/mol. The van der Waals surface area contributed by atoms with Crippen LogP contribution < -0.4 is 0 Å². The quantitative estimate of drug-likeness (QED) is 0.508. The molecule has 3 heterocycles. The molecule has 0 radical (unpaired) electrons. The van der Waals surface area contributed by atoms with E-state index in [2.05, 4.69) is 6.92 Å². The van der Waals surface area contributed by atoms with Gasteiger partial charge in [-0.2, -0.15) is 0 Å². The number of fused-ring (bicyclic) bond motifs is 2. The van der Waals surface area contributed by atoms with Crippen LogP contribution >= 0.6 is 0 Å². The molecule has 3 fully saturated rings. The summed E-state index contributed by atoms with van der Waals surface area (Å²) in [5.74, 6) is 0.193. The van der Waals surface area contributed by atoms with E-state index >= 15 is 0 Å². The maximum atomic E-state index is 11.3. The first-order chi connectivity index (χ1) is 6.18. The van der Waals surface area contributed by atoms with Crippen LogP contribution in [0.1, 0.15) is 13.8 Å². The van der Waals surface area contributed by atoms with E-state index in [-0.39, 0.29) is 24.1 Å². The second-order valence-electron chi connectivity index (χ2n) is 4.15. The van der Waals surface area contributed by atoms with Crippen molar-refractivity contribution in [2.45, 2.75) is 38.4 Å². The van der Waals surface area contributed by atoms with Gasteiger partial charge in [0.2, 0.25) is 6.29 Å². The predicted octanol–water partition coefficient (Wildman–Crippen LogP) is 0.308. The molecule has 0 aromatic heterocycles. The molecule has 4 nitrogen and oxygen atoms in total. The summed E-state index contributed by atoms with van der Waals surface area (Å²) >= 11 is 0. The summed E-state index contributed by atoms with van der Waals surface area (Å²) in [5, 5.41) is 0. The van der Waals surface area contributed by atoms with Gasteiger partial charge in [-0.3, -0.25) is 0 Å². The molecule has 3 bridgehead atoms. The highest BCUT2D eigenvalue weighted by atomic mass is 16.8. The van der Waals surface area contributed by atoms with Crippen molar-refractivity contribution < 1.29 is 19.0 Å². The van der Waals surface area contributed by atoms with Gasteiger partial charge < -0.3 is 14.2 Å². The third-order valence-electron chi connectivity index (χ3n) is 3.36. The fourth-order valence-electron chi connectivity index (χ4n) is 2.59. The van der Waals surface area contributed by atoms with Crippen molar-refractivity contribution in [3.05, 3.63) is 0 Å². The van der Waals surface area contributed by atoms with Gasteiger partial charge in [0, 0.05) is 11.8 Å². The maximum Gasteiger partial charge on any atom is 0.338 e. The highest BCUT2D eigenvalue weighted by Gasteiger charge is 2.59. The summed E-state index contributed by atoms with van der Waals surface area (Å²) in [7, 11) is 0. The van der Waals surface area contributed by atoms with Crippen LogP contribution in [-0.4, -0.2) is 30.6 Å². The van der Waals surface area contributed by atoms with Crippen LogP contribution in [0.2, 0.25) is 0 Å². The molecule has 3 aliphatic heterocycles. The van der Waals surface area contributed by atoms with E-state index in [1.54, 1.807) is 0 Å². The minimum atomic E-state index is -0.450. The Bertz CT molecular complexity index is 264. The van der Waals surface area contributed by atoms with Crippen molar-refractivity contribution >= 4 is 5.97 Å². The van der Waals surface area contributed by atoms with Crippen LogP contribution in [0, 0.1) is 11.8 Å². The van der Waals surface area contributed by atoms with Gasteiger partial charge in [0.25, 0.3) is 0 Å². The molecule has 3 saturated heterocycles. The van der Waals surface area contributed by atoms with Gasteiger partial charge in [-0.1, -0.05) is 13.8 Å². The average Bonchev–Trinajstić information content (AvgIpc) is 2.25. The first-order valence-corrected chi connectivity index (χ1v) is 4.70. The number of hydrogen-bond acceptors (Lipinski definition) is 4. The Morgan fingerprint density at radius 2 is 1.85 bits per heavy atom. The summed E-state index contributed by atoms with van der Waals surface area (Å²) in [6, 6.07) is 0. The highest BCUT2D eigenvalue weighted by molar-refractivity contribution is 5.76. The van der Waals surface area contributed by atoms with Crippen LogP contribution in [0.15, 0.2) is 0 Å². The molecular weight excluding hydrogens is 172 g/mol. The van der Waals surface area contributed by atoms with Gasteiger partial charge in [-0.05, 0) is 0 Å². The number of esters is 1. The van der Waals surface area contributed by atoms with Crippen molar-refractivity contribution in [1.29, 1.82) is 0 Å². The molecule has 0 spiro atoms. The van der Waals surface area contributed by atoms with E-state index in [1.165, 1.54) is 0 Å². The summed E-state index contributed by atoms with van der Waals surface area (Å²) in [6.45, 7) is 4.07. The van der Waals surface area contributed by atoms with Crippen molar-refractivity contribution in [2.75, 3.05) is 0 Å². The third kappa shape index (κ3) is 0.802. The van der Waals surface area contributed by atoms with Gasteiger partial charge in [-0.25, -0.2) is 4.79 Å². The Kier molecular flexibility index (Phi) is 1.34. The highest BCUT2D eigenvalue weighted by Crippen LogP contribution is 2.44. The molecule has 0 aromatic rings. The number of rotatable bonds is 0. The number of hydrogen-bond donors (Lipinski definition) is 0. The zero-order valence-electron chi connectivity index (χ0n) is 7.60. The molecular formula is C9H12O4. The Morgan fingerprint density at radius 3 is 2.62 bits per heavy atom. The van der Waals surface area contributed by atoms with E-state index in [1.807, 2.05) is 6.92 Å². The van der Waals surface area contributed by atoms with Crippen LogP contribution in [0.5, 0.6) is 0 Å². The average molecular weight is 184 g/mol. The lowest BCUT2D eigenvalue weighted by atomic mass is 9.84. The lowest BCUT2D eigenvalue weighted by Gasteiger charge is -2.38. The first kappa shape index (κ1) is 7.76. The molecule has 4 heteroatoms. The number of carbonyl (C=O) groups excluding carboxylic acids is 1. The van der Waals surface area contributed by atoms with Crippen molar-refractivity contribution in [2.24, 2.45) is 11.8 Å². The predicted molar refractivity (Wildman–Crippen MR) is 41.7 cm³/mol. The van der Waals surface area contributed by atoms with Gasteiger partial charge in [-0.15, -0.1) is 0 Å². The zero-order valence-corrected chi connectivity index (χ0v) is 7.60. The summed E-state index contributed by atoms with van der Waals surface area (Å²) in [4.78, 5) is 11.3. The maximum absolute atomic E-state index is 11.3. The lowest BCUT2D eigenvalue weighted by molar-refractivity contribution is -0.225. The Morgan fingerprint density at radius 1 is 1.08 bits per heavy atom. The minimum absolute atomic E-state index is 0.0381. The van der Waals surface area contributed by atoms with Crippen LogP contribution in [-0.2, 0) is 19.0 Å². The minimum Gasteiger partial charge on any atom is -0.431 e. The van der Waals surface area contributed by atoms with Gasteiger partial charge in [0.1, 0.15) is 6.10 Å². The van der Waals surface area contributed by atoms with Crippen LogP contribution in [0.3, 0.4) is 0 Å². The van der Waals surface area contributed by atoms with E-state index in [0.29, 0.717) is 5.92 Å². The topological polar surface area (TPSA) is 44.8 Å². The number of ether oxygens (including phenoxy) is 3. The Balaban J connectivity index is 2.02. The smallest absolute Gasteiger partial charge is 0.338 e. The summed E-state index contributed by atoms with van der Waals surface area (Å²) in [6.07, 6.45) is -0.761. The van der Waals surface area contributed by atoms with Crippen molar-refractivity contribution in [3.8, 4) is 0 Å². The van der Waals surface area contributed by atoms with Crippen molar-refractivity contribution in [3.63, 3.8) is 0 Å². The molecule has 13 heavy (non-hydrogen) atoms. The van der Waals surface area contributed by atoms with Crippen LogP contribution in [0.25, 0.3) is 0 Å². The second kappa shape index (κ2) is 2.25. The fraction of sp³-hybridized carbons (Fsp3) is 0.889. The summed E-state index contributed by atoms with van der Waals surface area (Å²) in [5.41, 5.74) is 0. The molecule has 0 aliphatic carbocycles. The second-order valence-corrected chi connectivity index (χ2v) is 4.15. The normalized spacial score (nSPS) is 58.2. The largest absolute Gasteiger partial charge is 0.431 e. The Hall–Kier alpha value is -0.610. The van der Waals surface area contributed by atoms with E-state index in [0.717, 1.165) is 0 Å². The molecule has 0 amide bonds. The molecule has 0 N–H and O–H groups in total. The van der Waals surface area contributed by atoms with Gasteiger partial charge in [0.05, 0.1) is 6.10 Å². The molecule has 0 aromatic carbocycles. The van der Waals surface area contributed by atoms with Crippen LogP contribution in [0.4, 0.5) is 0 Å². The van der Waals surface area contributed by atoms with Crippen molar-refractivity contribution in [1.82, 2.24) is 0 Å².